The lowest BCUT2D eigenvalue weighted by molar-refractivity contribution is -0.141. The van der Waals surface area contributed by atoms with Crippen LogP contribution in [0.5, 0.6) is 0 Å². The first-order valence-electron chi connectivity index (χ1n) is 10.5. The highest BCUT2D eigenvalue weighted by atomic mass is 16.5. The van der Waals surface area contributed by atoms with Gasteiger partial charge in [-0.25, -0.2) is 0 Å². The molecule has 1 amide bonds. The van der Waals surface area contributed by atoms with Gasteiger partial charge in [0.05, 0.1) is 13.2 Å². The molecule has 3 aliphatic heterocycles. The SMILES string of the molecule is O=C(C(c1cccnc1)N1CCOCC1)N1CCC(C2CCNCC2)CC1. The van der Waals surface area contributed by atoms with Crippen molar-refractivity contribution in [3.8, 4) is 0 Å². The number of piperidine rings is 2. The molecule has 1 N–H and O–H groups in total. The van der Waals surface area contributed by atoms with Crippen LogP contribution < -0.4 is 5.32 Å². The van der Waals surface area contributed by atoms with E-state index in [0.29, 0.717) is 13.2 Å². The summed E-state index contributed by atoms with van der Waals surface area (Å²) in [5, 5.41) is 3.46. The summed E-state index contributed by atoms with van der Waals surface area (Å²) in [6, 6.07) is 3.74. The lowest BCUT2D eigenvalue weighted by Gasteiger charge is -2.41. The number of morpholine rings is 1. The Bertz CT molecular complexity index is 591. The van der Waals surface area contributed by atoms with Crippen molar-refractivity contribution in [2.75, 3.05) is 52.5 Å². The summed E-state index contributed by atoms with van der Waals surface area (Å²) in [4.78, 5) is 22.1. The third-order valence-electron chi connectivity index (χ3n) is 6.55. The number of hydrogen-bond acceptors (Lipinski definition) is 5. The van der Waals surface area contributed by atoms with Gasteiger partial charge in [0.1, 0.15) is 6.04 Å². The number of carbonyl (C=O) groups is 1. The van der Waals surface area contributed by atoms with Crippen LogP contribution in [0.1, 0.15) is 37.3 Å². The average Bonchev–Trinajstić information content (AvgIpc) is 2.76. The summed E-state index contributed by atoms with van der Waals surface area (Å²) in [6.07, 6.45) is 8.52. The number of nitrogens with one attached hydrogen (secondary N) is 1. The highest BCUT2D eigenvalue weighted by molar-refractivity contribution is 5.83. The maximum atomic E-state index is 13.5. The molecule has 148 valence electrons. The highest BCUT2D eigenvalue weighted by Gasteiger charge is 2.35. The topological polar surface area (TPSA) is 57.7 Å². The zero-order valence-electron chi connectivity index (χ0n) is 16.2. The molecule has 3 aliphatic rings. The molecule has 1 unspecified atom stereocenters. The van der Waals surface area contributed by atoms with E-state index in [1.165, 1.54) is 12.8 Å². The zero-order chi connectivity index (χ0) is 18.5. The van der Waals surface area contributed by atoms with E-state index in [2.05, 4.69) is 20.1 Å². The maximum absolute atomic E-state index is 13.5. The van der Waals surface area contributed by atoms with Crippen LogP contribution in [-0.2, 0) is 9.53 Å². The molecule has 0 aromatic carbocycles. The van der Waals surface area contributed by atoms with Gasteiger partial charge in [-0.1, -0.05) is 6.07 Å². The summed E-state index contributed by atoms with van der Waals surface area (Å²) >= 11 is 0. The van der Waals surface area contributed by atoms with Gasteiger partial charge in [0.2, 0.25) is 5.91 Å². The molecule has 0 saturated carbocycles. The lowest BCUT2D eigenvalue weighted by atomic mass is 9.79. The molecule has 0 bridgehead atoms. The van der Waals surface area contributed by atoms with Gasteiger partial charge in [-0.2, -0.15) is 0 Å². The van der Waals surface area contributed by atoms with Gasteiger partial charge < -0.3 is 15.0 Å². The second kappa shape index (κ2) is 9.13. The molecule has 3 saturated heterocycles. The van der Waals surface area contributed by atoms with Crippen LogP contribution in [0.2, 0.25) is 0 Å². The molecule has 6 heteroatoms. The Balaban J connectivity index is 1.42. The standard InChI is InChI=1S/C21H32N4O2/c26-21(25-10-5-18(6-11-25)17-3-8-22-9-4-17)20(19-2-1-7-23-16-19)24-12-14-27-15-13-24/h1-2,7,16-18,20,22H,3-6,8-15H2. The fourth-order valence-electron chi connectivity index (χ4n) is 4.96. The molecule has 0 aliphatic carbocycles. The molecule has 1 aromatic rings. The number of carbonyl (C=O) groups excluding carboxylic acids is 1. The monoisotopic (exact) mass is 372 g/mol. The Hall–Kier alpha value is -1.50. The smallest absolute Gasteiger partial charge is 0.244 e. The van der Waals surface area contributed by atoms with E-state index in [1.54, 1.807) is 6.20 Å². The van der Waals surface area contributed by atoms with Crippen LogP contribution in [0.15, 0.2) is 24.5 Å². The van der Waals surface area contributed by atoms with Crippen LogP contribution in [0.4, 0.5) is 0 Å². The van der Waals surface area contributed by atoms with Gasteiger partial charge in [0, 0.05) is 38.6 Å². The number of ether oxygens (including phenoxy) is 1. The van der Waals surface area contributed by atoms with E-state index >= 15 is 0 Å². The first-order valence-corrected chi connectivity index (χ1v) is 10.5. The quantitative estimate of drug-likeness (QED) is 0.872. The summed E-state index contributed by atoms with van der Waals surface area (Å²) < 4.78 is 5.50. The zero-order valence-corrected chi connectivity index (χ0v) is 16.2. The van der Waals surface area contributed by atoms with Crippen molar-refractivity contribution >= 4 is 5.91 Å². The third-order valence-corrected chi connectivity index (χ3v) is 6.55. The van der Waals surface area contributed by atoms with Crippen molar-refractivity contribution in [1.82, 2.24) is 20.1 Å². The molecule has 6 nitrogen and oxygen atoms in total. The number of pyridine rings is 1. The Kier molecular flexibility index (Phi) is 6.37. The number of likely N-dealkylation sites (tertiary alicyclic amines) is 1. The summed E-state index contributed by atoms with van der Waals surface area (Å²) in [7, 11) is 0. The molecule has 1 atom stereocenters. The van der Waals surface area contributed by atoms with Gasteiger partial charge in [-0.3, -0.25) is 14.7 Å². The molecule has 1 aromatic heterocycles. The Morgan fingerprint density at radius 3 is 2.44 bits per heavy atom. The molecule has 0 radical (unpaired) electrons. The number of aromatic nitrogens is 1. The second-order valence-corrected chi connectivity index (χ2v) is 8.09. The van der Waals surface area contributed by atoms with Crippen molar-refractivity contribution in [3.05, 3.63) is 30.1 Å². The van der Waals surface area contributed by atoms with Crippen LogP contribution in [-0.4, -0.2) is 73.2 Å². The van der Waals surface area contributed by atoms with E-state index in [1.807, 2.05) is 18.3 Å². The van der Waals surface area contributed by atoms with Gasteiger partial charge in [-0.05, 0) is 62.2 Å². The Morgan fingerprint density at radius 2 is 1.78 bits per heavy atom. The number of rotatable bonds is 4. The predicted molar refractivity (Wildman–Crippen MR) is 104 cm³/mol. The molecule has 27 heavy (non-hydrogen) atoms. The summed E-state index contributed by atoms with van der Waals surface area (Å²) in [6.45, 7) is 7.11. The first kappa shape index (κ1) is 18.8. The second-order valence-electron chi connectivity index (χ2n) is 8.09. The number of nitrogens with zero attached hydrogens (tertiary/aromatic N) is 3. The summed E-state index contributed by atoms with van der Waals surface area (Å²) in [5.74, 6) is 1.88. The number of hydrogen-bond donors (Lipinski definition) is 1. The Morgan fingerprint density at radius 1 is 1.07 bits per heavy atom. The minimum Gasteiger partial charge on any atom is -0.379 e. The third kappa shape index (κ3) is 4.50. The normalized spacial score (nSPS) is 24.7. The van der Waals surface area contributed by atoms with E-state index < -0.39 is 0 Å². The van der Waals surface area contributed by atoms with Crippen molar-refractivity contribution in [3.63, 3.8) is 0 Å². The van der Waals surface area contributed by atoms with Crippen molar-refractivity contribution in [1.29, 1.82) is 0 Å². The Labute approximate surface area is 162 Å². The molecular formula is C21H32N4O2. The molecule has 4 rings (SSSR count). The van der Waals surface area contributed by atoms with Crippen LogP contribution in [0, 0.1) is 11.8 Å². The molecule has 4 heterocycles. The van der Waals surface area contributed by atoms with Crippen molar-refractivity contribution < 1.29 is 9.53 Å². The van der Waals surface area contributed by atoms with Crippen LogP contribution >= 0.6 is 0 Å². The molecular weight excluding hydrogens is 340 g/mol. The van der Waals surface area contributed by atoms with Gasteiger partial charge >= 0.3 is 0 Å². The van der Waals surface area contributed by atoms with Gasteiger partial charge in [-0.15, -0.1) is 0 Å². The van der Waals surface area contributed by atoms with Crippen molar-refractivity contribution in [2.24, 2.45) is 11.8 Å². The summed E-state index contributed by atoms with van der Waals surface area (Å²) in [5.41, 5.74) is 1.00. The van der Waals surface area contributed by atoms with E-state index in [-0.39, 0.29) is 11.9 Å². The predicted octanol–water partition coefficient (Wildman–Crippen LogP) is 1.69. The van der Waals surface area contributed by atoms with Gasteiger partial charge in [0.25, 0.3) is 0 Å². The maximum Gasteiger partial charge on any atom is 0.244 e. The number of amides is 1. The van der Waals surface area contributed by atoms with Gasteiger partial charge in [0.15, 0.2) is 0 Å². The minimum absolute atomic E-state index is 0.224. The highest BCUT2D eigenvalue weighted by Crippen LogP contribution is 2.32. The fourth-order valence-corrected chi connectivity index (χ4v) is 4.96. The van der Waals surface area contributed by atoms with Crippen molar-refractivity contribution in [2.45, 2.75) is 31.7 Å². The van der Waals surface area contributed by atoms with Crippen LogP contribution in [0.3, 0.4) is 0 Å². The van der Waals surface area contributed by atoms with E-state index in [4.69, 9.17) is 4.74 Å². The minimum atomic E-state index is -0.224. The van der Waals surface area contributed by atoms with E-state index in [9.17, 15) is 4.79 Å². The molecule has 0 spiro atoms. The lowest BCUT2D eigenvalue weighted by Crippen LogP contribution is -2.49. The largest absolute Gasteiger partial charge is 0.379 e. The first-order chi connectivity index (χ1) is 13.3. The van der Waals surface area contributed by atoms with Crippen LogP contribution in [0.25, 0.3) is 0 Å². The molecule has 3 fully saturated rings. The fraction of sp³-hybridized carbons (Fsp3) is 0.714. The average molecular weight is 373 g/mol. The van der Waals surface area contributed by atoms with E-state index in [0.717, 1.165) is 69.5 Å².